The minimum atomic E-state index is 0.198. The summed E-state index contributed by atoms with van der Waals surface area (Å²) in [5.74, 6) is 2.49. The van der Waals surface area contributed by atoms with E-state index in [4.69, 9.17) is 0 Å². The second-order valence-electron chi connectivity index (χ2n) is 5.12. The lowest BCUT2D eigenvalue weighted by atomic mass is 10.2. The fourth-order valence-corrected chi connectivity index (χ4v) is 3.83. The molecule has 2 saturated heterocycles. The van der Waals surface area contributed by atoms with Gasteiger partial charge in [0, 0.05) is 18.8 Å². The van der Waals surface area contributed by atoms with Crippen molar-refractivity contribution in [2.24, 2.45) is 0 Å². The van der Waals surface area contributed by atoms with E-state index in [9.17, 15) is 4.79 Å². The van der Waals surface area contributed by atoms with E-state index in [-0.39, 0.29) is 5.91 Å². The van der Waals surface area contributed by atoms with E-state index in [0.29, 0.717) is 6.04 Å². The zero-order valence-electron chi connectivity index (χ0n) is 11.3. The van der Waals surface area contributed by atoms with E-state index in [1.165, 1.54) is 31.7 Å². The summed E-state index contributed by atoms with van der Waals surface area (Å²) < 4.78 is 0. The molecule has 0 aromatic rings. The highest BCUT2D eigenvalue weighted by molar-refractivity contribution is 7.99. The van der Waals surface area contributed by atoms with Crippen molar-refractivity contribution < 1.29 is 4.79 Å². The maximum atomic E-state index is 12.1. The zero-order chi connectivity index (χ0) is 12.8. The quantitative estimate of drug-likeness (QED) is 0.731. The Bertz CT molecular complexity index is 300. The van der Waals surface area contributed by atoms with Gasteiger partial charge in [-0.3, -0.25) is 4.79 Å². The Kier molecular flexibility index (Phi) is 5.57. The molecular weight excluding hydrogens is 244 g/mol. The number of thioether (sulfide) groups is 1. The molecule has 1 atom stereocenters. The van der Waals surface area contributed by atoms with Crippen LogP contribution in [0.4, 0.5) is 0 Å². The Balaban J connectivity index is 1.98. The van der Waals surface area contributed by atoms with E-state index in [1.54, 1.807) is 6.08 Å². The number of amides is 1. The Hall–Kier alpha value is -0.480. The van der Waals surface area contributed by atoms with Crippen molar-refractivity contribution in [2.45, 2.75) is 32.2 Å². The van der Waals surface area contributed by atoms with Gasteiger partial charge in [-0.2, -0.15) is 11.8 Å². The Morgan fingerprint density at radius 1 is 1.28 bits per heavy atom. The summed E-state index contributed by atoms with van der Waals surface area (Å²) >= 11 is 2.00. The van der Waals surface area contributed by atoms with E-state index in [2.05, 4.69) is 9.80 Å². The maximum Gasteiger partial charge on any atom is 0.246 e. The average molecular weight is 268 g/mol. The van der Waals surface area contributed by atoms with Gasteiger partial charge in [-0.1, -0.05) is 6.08 Å². The van der Waals surface area contributed by atoms with Crippen LogP contribution in [0.1, 0.15) is 26.2 Å². The van der Waals surface area contributed by atoms with Crippen LogP contribution in [0.3, 0.4) is 0 Å². The highest BCUT2D eigenvalue weighted by Crippen LogP contribution is 2.19. The van der Waals surface area contributed by atoms with Crippen molar-refractivity contribution in [2.75, 3.05) is 37.7 Å². The molecule has 18 heavy (non-hydrogen) atoms. The average Bonchev–Trinajstić information content (AvgIpc) is 2.74. The second-order valence-corrected chi connectivity index (χ2v) is 6.27. The van der Waals surface area contributed by atoms with Gasteiger partial charge >= 0.3 is 0 Å². The topological polar surface area (TPSA) is 23.6 Å². The highest BCUT2D eigenvalue weighted by atomic mass is 32.2. The molecule has 0 aromatic heterocycles. The standard InChI is InChI=1S/C14H24N2OS/c1-2-6-14(17)16-9-5-10-18-12-13(16)11-15-7-3-4-8-15/h2,6,13H,3-5,7-12H2,1H3. The number of carbonyl (C=O) groups excluding carboxylic acids is 1. The van der Waals surface area contributed by atoms with Gasteiger partial charge in [0.2, 0.25) is 5.91 Å². The predicted molar refractivity (Wildman–Crippen MR) is 77.9 cm³/mol. The normalized spacial score (nSPS) is 26.7. The van der Waals surface area contributed by atoms with E-state index < -0.39 is 0 Å². The Morgan fingerprint density at radius 2 is 2.06 bits per heavy atom. The summed E-state index contributed by atoms with van der Waals surface area (Å²) in [5.41, 5.74) is 0. The Morgan fingerprint density at radius 3 is 2.78 bits per heavy atom. The first-order chi connectivity index (χ1) is 8.81. The third-order valence-electron chi connectivity index (χ3n) is 3.70. The molecule has 0 bridgehead atoms. The minimum Gasteiger partial charge on any atom is -0.334 e. The maximum absolute atomic E-state index is 12.1. The van der Waals surface area contributed by atoms with Crippen LogP contribution in [0.2, 0.25) is 0 Å². The fourth-order valence-electron chi connectivity index (χ4n) is 2.77. The number of hydrogen-bond acceptors (Lipinski definition) is 3. The molecule has 4 heteroatoms. The molecule has 0 saturated carbocycles. The van der Waals surface area contributed by atoms with Crippen molar-refractivity contribution >= 4 is 17.7 Å². The van der Waals surface area contributed by atoms with Gasteiger partial charge in [-0.25, -0.2) is 0 Å². The number of likely N-dealkylation sites (tertiary alicyclic amines) is 1. The molecule has 0 aliphatic carbocycles. The largest absolute Gasteiger partial charge is 0.334 e. The first kappa shape index (κ1) is 13.9. The van der Waals surface area contributed by atoms with Crippen LogP contribution in [0.25, 0.3) is 0 Å². The van der Waals surface area contributed by atoms with Crippen molar-refractivity contribution in [1.82, 2.24) is 9.80 Å². The van der Waals surface area contributed by atoms with Crippen molar-refractivity contribution in [3.63, 3.8) is 0 Å². The van der Waals surface area contributed by atoms with Gasteiger partial charge in [0.1, 0.15) is 0 Å². The molecule has 0 aromatic carbocycles. The lowest BCUT2D eigenvalue weighted by molar-refractivity contribution is -0.128. The molecule has 2 heterocycles. The lowest BCUT2D eigenvalue weighted by Gasteiger charge is -2.32. The lowest BCUT2D eigenvalue weighted by Crippen LogP contribution is -2.47. The van der Waals surface area contributed by atoms with Crippen LogP contribution < -0.4 is 0 Å². The molecule has 2 rings (SSSR count). The van der Waals surface area contributed by atoms with Gasteiger partial charge < -0.3 is 9.80 Å². The van der Waals surface area contributed by atoms with E-state index in [1.807, 2.05) is 24.8 Å². The van der Waals surface area contributed by atoms with E-state index >= 15 is 0 Å². The predicted octanol–water partition coefficient (Wildman–Crippen LogP) is 1.99. The smallest absolute Gasteiger partial charge is 0.246 e. The zero-order valence-corrected chi connectivity index (χ0v) is 12.1. The second kappa shape index (κ2) is 7.19. The summed E-state index contributed by atoms with van der Waals surface area (Å²) in [6.07, 6.45) is 7.34. The Labute approximate surface area is 115 Å². The molecular formula is C14H24N2OS. The van der Waals surface area contributed by atoms with Gasteiger partial charge in [-0.05, 0) is 51.1 Å². The van der Waals surface area contributed by atoms with Crippen LogP contribution in [0.5, 0.6) is 0 Å². The summed E-state index contributed by atoms with van der Waals surface area (Å²) in [6, 6.07) is 0.402. The van der Waals surface area contributed by atoms with Gasteiger partial charge in [-0.15, -0.1) is 0 Å². The molecule has 2 aliphatic heterocycles. The number of rotatable bonds is 3. The summed E-state index contributed by atoms with van der Waals surface area (Å²) in [5, 5.41) is 0. The highest BCUT2D eigenvalue weighted by Gasteiger charge is 2.27. The molecule has 0 N–H and O–H groups in total. The molecule has 2 aliphatic rings. The number of carbonyl (C=O) groups is 1. The SMILES string of the molecule is CC=CC(=O)N1CCCSCC1CN1CCCC1. The third kappa shape index (κ3) is 3.75. The third-order valence-corrected chi connectivity index (χ3v) is 4.90. The van der Waals surface area contributed by atoms with Gasteiger partial charge in [0.25, 0.3) is 0 Å². The van der Waals surface area contributed by atoms with Crippen LogP contribution in [-0.4, -0.2) is 59.4 Å². The van der Waals surface area contributed by atoms with Gasteiger partial charge in [0.15, 0.2) is 0 Å². The van der Waals surface area contributed by atoms with E-state index in [0.717, 1.165) is 25.3 Å². The molecule has 3 nitrogen and oxygen atoms in total. The molecule has 1 amide bonds. The first-order valence-corrected chi connectivity index (χ1v) is 8.20. The summed E-state index contributed by atoms with van der Waals surface area (Å²) in [6.45, 7) is 6.34. The van der Waals surface area contributed by atoms with Crippen molar-refractivity contribution in [3.8, 4) is 0 Å². The first-order valence-electron chi connectivity index (χ1n) is 7.04. The monoisotopic (exact) mass is 268 g/mol. The van der Waals surface area contributed by atoms with Crippen molar-refractivity contribution in [1.29, 1.82) is 0 Å². The van der Waals surface area contributed by atoms with Crippen LogP contribution >= 0.6 is 11.8 Å². The summed E-state index contributed by atoms with van der Waals surface area (Å²) in [4.78, 5) is 16.8. The number of allylic oxidation sites excluding steroid dienone is 1. The summed E-state index contributed by atoms with van der Waals surface area (Å²) in [7, 11) is 0. The van der Waals surface area contributed by atoms with Crippen molar-refractivity contribution in [3.05, 3.63) is 12.2 Å². The minimum absolute atomic E-state index is 0.198. The van der Waals surface area contributed by atoms with Crippen LogP contribution in [-0.2, 0) is 4.79 Å². The molecule has 102 valence electrons. The molecule has 0 radical (unpaired) electrons. The number of nitrogens with zero attached hydrogens (tertiary/aromatic N) is 2. The van der Waals surface area contributed by atoms with Gasteiger partial charge in [0.05, 0.1) is 6.04 Å². The fraction of sp³-hybridized carbons (Fsp3) is 0.786. The number of hydrogen-bond donors (Lipinski definition) is 0. The molecule has 0 spiro atoms. The van der Waals surface area contributed by atoms with Crippen LogP contribution in [0.15, 0.2) is 12.2 Å². The molecule has 2 fully saturated rings. The molecule has 1 unspecified atom stereocenters. The van der Waals surface area contributed by atoms with Crippen LogP contribution in [0, 0.1) is 0 Å².